The number of nitrogens with one attached hydrogen (secondary N) is 2. The van der Waals surface area contributed by atoms with E-state index in [-0.39, 0.29) is 17.7 Å². The van der Waals surface area contributed by atoms with E-state index in [1.807, 2.05) is 26.0 Å². The molecule has 18 heavy (non-hydrogen) atoms. The summed E-state index contributed by atoms with van der Waals surface area (Å²) in [5.74, 6) is -0.323. The van der Waals surface area contributed by atoms with Gasteiger partial charge in [-0.1, -0.05) is 13.8 Å². The molecule has 5 nitrogen and oxygen atoms in total. The number of carbonyl (C=O) groups excluding carboxylic acids is 2. The third-order valence-electron chi connectivity index (χ3n) is 2.52. The van der Waals surface area contributed by atoms with Gasteiger partial charge >= 0.3 is 0 Å². The Labute approximate surface area is 107 Å². The van der Waals surface area contributed by atoms with Crippen LogP contribution in [0, 0.1) is 5.92 Å². The summed E-state index contributed by atoms with van der Waals surface area (Å²) < 4.78 is 0. The maximum atomic E-state index is 12.0. The lowest BCUT2D eigenvalue weighted by Crippen LogP contribution is -2.48. The lowest BCUT2D eigenvalue weighted by Gasteiger charge is -2.20. The highest BCUT2D eigenvalue weighted by molar-refractivity contribution is 5.86. The molecule has 5 heteroatoms. The molecule has 0 fully saturated rings. The zero-order chi connectivity index (χ0) is 13.5. The molecule has 1 rings (SSSR count). The summed E-state index contributed by atoms with van der Waals surface area (Å²) >= 11 is 0. The van der Waals surface area contributed by atoms with Crippen molar-refractivity contribution >= 4 is 11.8 Å². The van der Waals surface area contributed by atoms with Gasteiger partial charge in [0, 0.05) is 25.9 Å². The van der Waals surface area contributed by atoms with Crippen LogP contribution < -0.4 is 10.6 Å². The molecule has 0 bridgehead atoms. The number of aromatic nitrogens is 1. The SMILES string of the molecule is CC(=O)NC(C(=O)NCc1ccncc1)C(C)C. The molecule has 1 aromatic rings. The minimum absolute atomic E-state index is 0.0475. The average molecular weight is 249 g/mol. The van der Waals surface area contributed by atoms with Crippen molar-refractivity contribution in [2.75, 3.05) is 0 Å². The first-order valence-corrected chi connectivity index (χ1v) is 5.94. The van der Waals surface area contributed by atoms with Crippen LogP contribution in [-0.2, 0) is 16.1 Å². The van der Waals surface area contributed by atoms with Crippen LogP contribution in [0.25, 0.3) is 0 Å². The highest BCUT2D eigenvalue weighted by atomic mass is 16.2. The Kier molecular flexibility index (Phi) is 5.30. The summed E-state index contributed by atoms with van der Waals surface area (Å²) in [6.07, 6.45) is 3.35. The number of pyridine rings is 1. The summed E-state index contributed by atoms with van der Waals surface area (Å²) in [5.41, 5.74) is 0.976. The van der Waals surface area contributed by atoms with E-state index in [0.29, 0.717) is 6.54 Å². The van der Waals surface area contributed by atoms with E-state index in [2.05, 4.69) is 15.6 Å². The number of hydrogen-bond acceptors (Lipinski definition) is 3. The highest BCUT2D eigenvalue weighted by Crippen LogP contribution is 2.03. The van der Waals surface area contributed by atoms with Crippen molar-refractivity contribution in [3.05, 3.63) is 30.1 Å². The zero-order valence-electron chi connectivity index (χ0n) is 10.9. The second kappa shape index (κ2) is 6.74. The average Bonchev–Trinajstić information content (AvgIpc) is 2.34. The first-order chi connectivity index (χ1) is 8.50. The van der Waals surface area contributed by atoms with Gasteiger partial charge in [0.1, 0.15) is 6.04 Å². The van der Waals surface area contributed by atoms with Crippen molar-refractivity contribution in [3.8, 4) is 0 Å². The van der Waals surface area contributed by atoms with Crippen molar-refractivity contribution in [1.82, 2.24) is 15.6 Å². The van der Waals surface area contributed by atoms with E-state index >= 15 is 0 Å². The number of carbonyl (C=O) groups is 2. The van der Waals surface area contributed by atoms with Crippen LogP contribution in [0.2, 0.25) is 0 Å². The maximum absolute atomic E-state index is 12.0. The van der Waals surface area contributed by atoms with Crippen LogP contribution in [0.15, 0.2) is 24.5 Å². The van der Waals surface area contributed by atoms with Crippen LogP contribution in [0.5, 0.6) is 0 Å². The summed E-state index contributed by atoms with van der Waals surface area (Å²) in [7, 11) is 0. The summed E-state index contributed by atoms with van der Waals surface area (Å²) in [4.78, 5) is 26.9. The van der Waals surface area contributed by atoms with Crippen LogP contribution in [0.1, 0.15) is 26.3 Å². The summed E-state index contributed by atoms with van der Waals surface area (Å²) in [6.45, 7) is 5.63. The van der Waals surface area contributed by atoms with Crippen LogP contribution in [0.3, 0.4) is 0 Å². The second-order valence-corrected chi connectivity index (χ2v) is 4.50. The van der Waals surface area contributed by atoms with Gasteiger partial charge in [-0.25, -0.2) is 0 Å². The monoisotopic (exact) mass is 249 g/mol. The third kappa shape index (κ3) is 4.53. The molecule has 0 aliphatic rings. The Balaban J connectivity index is 2.54. The Hall–Kier alpha value is -1.91. The van der Waals surface area contributed by atoms with Gasteiger partial charge < -0.3 is 10.6 Å². The molecule has 0 saturated heterocycles. The normalized spacial score (nSPS) is 12.0. The van der Waals surface area contributed by atoms with Crippen molar-refractivity contribution in [3.63, 3.8) is 0 Å². The first kappa shape index (κ1) is 14.2. The van der Waals surface area contributed by atoms with E-state index < -0.39 is 6.04 Å². The van der Waals surface area contributed by atoms with Gasteiger partial charge in [-0.15, -0.1) is 0 Å². The minimum Gasteiger partial charge on any atom is -0.350 e. The van der Waals surface area contributed by atoms with Crippen LogP contribution >= 0.6 is 0 Å². The topological polar surface area (TPSA) is 71.1 Å². The van der Waals surface area contributed by atoms with Gasteiger partial charge in [0.2, 0.25) is 11.8 Å². The molecule has 2 N–H and O–H groups in total. The molecular weight excluding hydrogens is 230 g/mol. The zero-order valence-corrected chi connectivity index (χ0v) is 10.9. The van der Waals surface area contributed by atoms with E-state index in [1.54, 1.807) is 12.4 Å². The fourth-order valence-corrected chi connectivity index (χ4v) is 1.55. The molecule has 0 saturated carbocycles. The number of amides is 2. The maximum Gasteiger partial charge on any atom is 0.243 e. The Morgan fingerprint density at radius 1 is 1.28 bits per heavy atom. The van der Waals surface area contributed by atoms with Crippen molar-refractivity contribution in [2.24, 2.45) is 5.92 Å². The molecule has 2 amide bonds. The predicted molar refractivity (Wildman–Crippen MR) is 68.5 cm³/mol. The molecule has 0 radical (unpaired) electrons. The van der Waals surface area contributed by atoms with Crippen molar-refractivity contribution < 1.29 is 9.59 Å². The molecule has 98 valence electrons. The van der Waals surface area contributed by atoms with Crippen molar-refractivity contribution in [1.29, 1.82) is 0 Å². The van der Waals surface area contributed by atoms with E-state index in [1.165, 1.54) is 6.92 Å². The van der Waals surface area contributed by atoms with Gasteiger partial charge in [0.05, 0.1) is 0 Å². The Morgan fingerprint density at radius 2 is 1.89 bits per heavy atom. The number of hydrogen-bond donors (Lipinski definition) is 2. The molecule has 0 aromatic carbocycles. The molecule has 0 aliphatic carbocycles. The lowest BCUT2D eigenvalue weighted by molar-refractivity contribution is -0.129. The van der Waals surface area contributed by atoms with Gasteiger partial charge in [0.25, 0.3) is 0 Å². The van der Waals surface area contributed by atoms with Gasteiger partial charge in [0.15, 0.2) is 0 Å². The molecule has 0 aliphatic heterocycles. The van der Waals surface area contributed by atoms with E-state index in [9.17, 15) is 9.59 Å². The molecule has 1 atom stereocenters. The lowest BCUT2D eigenvalue weighted by atomic mass is 10.0. The quantitative estimate of drug-likeness (QED) is 0.813. The number of nitrogens with zero attached hydrogens (tertiary/aromatic N) is 1. The van der Waals surface area contributed by atoms with Gasteiger partial charge in [-0.2, -0.15) is 0 Å². The molecule has 0 spiro atoms. The number of rotatable bonds is 5. The summed E-state index contributed by atoms with van der Waals surface area (Å²) in [6, 6.07) is 3.18. The highest BCUT2D eigenvalue weighted by Gasteiger charge is 2.22. The van der Waals surface area contributed by atoms with Crippen LogP contribution in [-0.4, -0.2) is 22.8 Å². The Morgan fingerprint density at radius 3 is 2.39 bits per heavy atom. The fraction of sp³-hybridized carbons (Fsp3) is 0.462. The molecule has 1 unspecified atom stereocenters. The third-order valence-corrected chi connectivity index (χ3v) is 2.52. The summed E-state index contributed by atoms with van der Waals surface area (Å²) in [5, 5.41) is 5.46. The van der Waals surface area contributed by atoms with Crippen LogP contribution in [0.4, 0.5) is 0 Å². The predicted octanol–water partition coefficient (Wildman–Crippen LogP) is 0.859. The molecule has 1 aromatic heterocycles. The largest absolute Gasteiger partial charge is 0.350 e. The second-order valence-electron chi connectivity index (χ2n) is 4.50. The van der Waals surface area contributed by atoms with E-state index in [0.717, 1.165) is 5.56 Å². The fourth-order valence-electron chi connectivity index (χ4n) is 1.55. The smallest absolute Gasteiger partial charge is 0.243 e. The van der Waals surface area contributed by atoms with Gasteiger partial charge in [-0.05, 0) is 23.6 Å². The molecular formula is C13H19N3O2. The first-order valence-electron chi connectivity index (χ1n) is 5.94. The standard InChI is InChI=1S/C13H19N3O2/c1-9(2)12(16-10(3)17)13(18)15-8-11-4-6-14-7-5-11/h4-7,9,12H,8H2,1-3H3,(H,15,18)(H,16,17). The molecule has 1 heterocycles. The minimum atomic E-state index is -0.496. The van der Waals surface area contributed by atoms with Gasteiger partial charge in [-0.3, -0.25) is 14.6 Å². The van der Waals surface area contributed by atoms with Crippen molar-refractivity contribution in [2.45, 2.75) is 33.4 Å². The van der Waals surface area contributed by atoms with E-state index in [4.69, 9.17) is 0 Å². The Bertz CT molecular complexity index is 404.